The van der Waals surface area contributed by atoms with Gasteiger partial charge in [0.15, 0.2) is 5.78 Å². The standard InChI is InChI=1S/C23H19ClF2N2O3/c1-2-31-23(30)13-8-6-12(7-9-13)21-19-15(4-3-5-18(19)27-28-21)22(29)20-16(24)10-14(25)11-17(20)26/h6-11,15H,2-5H2,1H3,(H,27,28). The van der Waals surface area contributed by atoms with Crippen LogP contribution in [-0.4, -0.2) is 28.6 Å². The third kappa shape index (κ3) is 3.97. The van der Waals surface area contributed by atoms with E-state index in [1.807, 2.05) is 0 Å². The van der Waals surface area contributed by atoms with Gasteiger partial charge in [-0.3, -0.25) is 9.89 Å². The SMILES string of the molecule is CCOC(=O)c1ccc(-c2n[nH]c3c2C(C(=O)c2c(F)cc(F)cc2Cl)CCC3)cc1. The van der Waals surface area contributed by atoms with Crippen molar-refractivity contribution in [2.24, 2.45) is 0 Å². The quantitative estimate of drug-likeness (QED) is 0.417. The number of aromatic nitrogens is 2. The van der Waals surface area contributed by atoms with E-state index in [9.17, 15) is 18.4 Å². The van der Waals surface area contributed by atoms with Crippen LogP contribution in [0, 0.1) is 11.6 Å². The van der Waals surface area contributed by atoms with E-state index in [-0.39, 0.29) is 17.2 Å². The fourth-order valence-electron chi connectivity index (χ4n) is 3.99. The highest BCUT2D eigenvalue weighted by Crippen LogP contribution is 2.40. The van der Waals surface area contributed by atoms with Gasteiger partial charge < -0.3 is 4.74 Å². The number of H-pyrrole nitrogens is 1. The number of ketones is 1. The van der Waals surface area contributed by atoms with Crippen LogP contribution in [0.4, 0.5) is 8.78 Å². The molecule has 0 spiro atoms. The molecule has 1 N–H and O–H groups in total. The van der Waals surface area contributed by atoms with E-state index in [0.29, 0.717) is 47.7 Å². The molecule has 1 aliphatic carbocycles. The van der Waals surface area contributed by atoms with Gasteiger partial charge in [-0.25, -0.2) is 13.6 Å². The molecule has 8 heteroatoms. The maximum Gasteiger partial charge on any atom is 0.338 e. The fourth-order valence-corrected chi connectivity index (χ4v) is 4.28. The molecule has 0 amide bonds. The Kier molecular flexibility index (Phi) is 5.87. The Morgan fingerprint density at radius 3 is 2.65 bits per heavy atom. The number of aryl methyl sites for hydroxylation is 1. The number of halogens is 3. The average molecular weight is 445 g/mol. The number of hydrogen-bond donors (Lipinski definition) is 1. The molecular weight excluding hydrogens is 426 g/mol. The Balaban J connectivity index is 1.73. The van der Waals surface area contributed by atoms with Crippen molar-refractivity contribution in [2.75, 3.05) is 6.61 Å². The summed E-state index contributed by atoms with van der Waals surface area (Å²) in [4.78, 5) is 25.2. The van der Waals surface area contributed by atoms with Crippen molar-refractivity contribution >= 4 is 23.4 Å². The first kappa shape index (κ1) is 21.2. The van der Waals surface area contributed by atoms with Crippen LogP contribution in [0.3, 0.4) is 0 Å². The number of aromatic amines is 1. The molecule has 4 rings (SSSR count). The minimum Gasteiger partial charge on any atom is -0.462 e. The van der Waals surface area contributed by atoms with Crippen molar-refractivity contribution in [1.82, 2.24) is 10.2 Å². The minimum absolute atomic E-state index is 0.251. The zero-order valence-electron chi connectivity index (χ0n) is 16.7. The van der Waals surface area contributed by atoms with E-state index >= 15 is 0 Å². The second-order valence-electron chi connectivity index (χ2n) is 7.32. The summed E-state index contributed by atoms with van der Waals surface area (Å²) in [6, 6.07) is 8.31. The number of carbonyl (C=O) groups excluding carboxylic acids is 2. The van der Waals surface area contributed by atoms with Gasteiger partial charge in [-0.05, 0) is 44.4 Å². The van der Waals surface area contributed by atoms with E-state index in [2.05, 4.69) is 10.2 Å². The summed E-state index contributed by atoms with van der Waals surface area (Å²) in [5.41, 5.74) is 2.83. The summed E-state index contributed by atoms with van der Waals surface area (Å²) in [6.07, 6.45) is 1.91. The van der Waals surface area contributed by atoms with Gasteiger partial charge in [0.1, 0.15) is 11.6 Å². The zero-order chi connectivity index (χ0) is 22.1. The lowest BCUT2D eigenvalue weighted by Gasteiger charge is -2.23. The zero-order valence-corrected chi connectivity index (χ0v) is 17.4. The van der Waals surface area contributed by atoms with E-state index < -0.39 is 29.3 Å². The van der Waals surface area contributed by atoms with Crippen LogP contribution >= 0.6 is 11.6 Å². The number of nitrogens with zero attached hydrogens (tertiary/aromatic N) is 1. The summed E-state index contributed by atoms with van der Waals surface area (Å²) < 4.78 is 32.9. The van der Waals surface area contributed by atoms with Crippen LogP contribution in [0.25, 0.3) is 11.3 Å². The Hall–Kier alpha value is -3.06. The molecule has 31 heavy (non-hydrogen) atoms. The van der Waals surface area contributed by atoms with Crippen LogP contribution < -0.4 is 0 Å². The van der Waals surface area contributed by atoms with Crippen LogP contribution in [0.5, 0.6) is 0 Å². The van der Waals surface area contributed by atoms with Gasteiger partial charge in [0.25, 0.3) is 0 Å². The van der Waals surface area contributed by atoms with Gasteiger partial charge in [-0.1, -0.05) is 23.7 Å². The maximum atomic E-state index is 14.4. The van der Waals surface area contributed by atoms with E-state index in [1.54, 1.807) is 31.2 Å². The number of hydrogen-bond acceptors (Lipinski definition) is 4. The monoisotopic (exact) mass is 444 g/mol. The van der Waals surface area contributed by atoms with Gasteiger partial charge >= 0.3 is 5.97 Å². The lowest BCUT2D eigenvalue weighted by molar-refractivity contribution is 0.0526. The molecule has 1 aliphatic rings. The molecule has 1 unspecified atom stereocenters. The number of carbonyl (C=O) groups is 2. The summed E-state index contributed by atoms with van der Waals surface area (Å²) in [6.45, 7) is 2.01. The van der Waals surface area contributed by atoms with Crippen LogP contribution in [0.2, 0.25) is 5.02 Å². The molecule has 0 bridgehead atoms. The molecule has 0 saturated heterocycles. The molecule has 160 valence electrons. The first-order valence-corrected chi connectivity index (χ1v) is 10.3. The second kappa shape index (κ2) is 8.59. The maximum absolute atomic E-state index is 14.4. The van der Waals surface area contributed by atoms with Crippen molar-refractivity contribution in [2.45, 2.75) is 32.1 Å². The average Bonchev–Trinajstić information content (AvgIpc) is 3.17. The number of rotatable bonds is 5. The van der Waals surface area contributed by atoms with Crippen LogP contribution in [0.15, 0.2) is 36.4 Å². The summed E-state index contributed by atoms with van der Waals surface area (Å²) in [5, 5.41) is 7.11. The number of esters is 1. The first-order chi connectivity index (χ1) is 14.9. The molecule has 0 radical (unpaired) electrons. The molecular formula is C23H19ClF2N2O3. The second-order valence-corrected chi connectivity index (χ2v) is 7.72. The van der Waals surface area contributed by atoms with Gasteiger partial charge in [-0.2, -0.15) is 5.10 Å². The third-order valence-electron chi connectivity index (χ3n) is 5.39. The number of nitrogens with one attached hydrogen (secondary N) is 1. The van der Waals surface area contributed by atoms with Gasteiger partial charge in [0.05, 0.1) is 34.4 Å². The number of Topliss-reactive ketones (excluding diaryl/α,β-unsaturated/α-hetero) is 1. The molecule has 1 aromatic heterocycles. The normalized spacial score (nSPS) is 15.4. The van der Waals surface area contributed by atoms with E-state index in [4.69, 9.17) is 16.3 Å². The molecule has 2 aromatic carbocycles. The smallest absolute Gasteiger partial charge is 0.338 e. The number of ether oxygens (including phenoxy) is 1. The van der Waals surface area contributed by atoms with Crippen molar-refractivity contribution < 1.29 is 23.1 Å². The Morgan fingerprint density at radius 1 is 1.23 bits per heavy atom. The topological polar surface area (TPSA) is 72.0 Å². The van der Waals surface area contributed by atoms with Crippen LogP contribution in [0.1, 0.15) is 57.7 Å². The highest BCUT2D eigenvalue weighted by molar-refractivity contribution is 6.34. The lowest BCUT2D eigenvalue weighted by atomic mass is 9.79. The fraction of sp³-hybridized carbons (Fsp3) is 0.261. The summed E-state index contributed by atoms with van der Waals surface area (Å²) >= 11 is 6.01. The van der Waals surface area contributed by atoms with Crippen molar-refractivity contribution in [3.05, 3.63) is 75.4 Å². The van der Waals surface area contributed by atoms with E-state index in [0.717, 1.165) is 11.8 Å². The lowest BCUT2D eigenvalue weighted by Crippen LogP contribution is -2.20. The highest BCUT2D eigenvalue weighted by atomic mass is 35.5. The first-order valence-electron chi connectivity index (χ1n) is 9.94. The van der Waals surface area contributed by atoms with Gasteiger partial charge in [0, 0.05) is 22.9 Å². The predicted octanol–water partition coefficient (Wildman–Crippen LogP) is 5.49. The molecule has 1 atom stereocenters. The molecule has 0 fully saturated rings. The molecule has 5 nitrogen and oxygen atoms in total. The predicted molar refractivity (Wildman–Crippen MR) is 111 cm³/mol. The van der Waals surface area contributed by atoms with Crippen molar-refractivity contribution in [1.29, 1.82) is 0 Å². The minimum atomic E-state index is -0.981. The molecule has 0 aliphatic heterocycles. The van der Waals surface area contributed by atoms with Gasteiger partial charge in [0.2, 0.25) is 0 Å². The molecule has 1 heterocycles. The third-order valence-corrected chi connectivity index (χ3v) is 5.69. The number of benzene rings is 2. The summed E-state index contributed by atoms with van der Waals surface area (Å²) in [5.74, 6) is -3.42. The molecule has 0 saturated carbocycles. The van der Waals surface area contributed by atoms with Crippen molar-refractivity contribution in [3.8, 4) is 11.3 Å². The molecule has 3 aromatic rings. The Bertz CT molecular complexity index is 1140. The highest BCUT2D eigenvalue weighted by Gasteiger charge is 2.34. The largest absolute Gasteiger partial charge is 0.462 e. The van der Waals surface area contributed by atoms with Gasteiger partial charge in [-0.15, -0.1) is 0 Å². The van der Waals surface area contributed by atoms with E-state index in [1.165, 1.54) is 0 Å². The Labute approximate surface area is 182 Å². The van der Waals surface area contributed by atoms with Crippen LogP contribution in [-0.2, 0) is 11.2 Å². The van der Waals surface area contributed by atoms with Crippen molar-refractivity contribution in [3.63, 3.8) is 0 Å². The number of fused-ring (bicyclic) bond motifs is 1. The summed E-state index contributed by atoms with van der Waals surface area (Å²) in [7, 11) is 0. The Morgan fingerprint density at radius 2 is 1.97 bits per heavy atom.